The standard InChI is InChI=1S/C19H14F3N3O2/c1-26-16-8-12-5-6-24-18(13(12)9-17(16)27-2)25-15-4-3-11(10-23)7-14(15)19(20,21)22/h3-9H,1-2H3,(H,24,25). The van der Waals surface area contributed by atoms with Crippen molar-refractivity contribution in [2.45, 2.75) is 6.18 Å². The summed E-state index contributed by atoms with van der Waals surface area (Å²) in [5.41, 5.74) is -1.22. The van der Waals surface area contributed by atoms with Gasteiger partial charge in [-0.2, -0.15) is 18.4 Å². The summed E-state index contributed by atoms with van der Waals surface area (Å²) in [6, 6.07) is 10.1. The first-order valence-electron chi connectivity index (χ1n) is 7.76. The largest absolute Gasteiger partial charge is 0.493 e. The van der Waals surface area contributed by atoms with Crippen LogP contribution < -0.4 is 14.8 Å². The number of alkyl halides is 3. The van der Waals surface area contributed by atoms with Crippen LogP contribution >= 0.6 is 0 Å². The summed E-state index contributed by atoms with van der Waals surface area (Å²) in [6.45, 7) is 0. The van der Waals surface area contributed by atoms with E-state index in [1.54, 1.807) is 24.3 Å². The fourth-order valence-electron chi connectivity index (χ4n) is 2.68. The highest BCUT2D eigenvalue weighted by Gasteiger charge is 2.34. The number of hydrogen-bond acceptors (Lipinski definition) is 5. The molecule has 27 heavy (non-hydrogen) atoms. The summed E-state index contributed by atoms with van der Waals surface area (Å²) < 4.78 is 50.7. The summed E-state index contributed by atoms with van der Waals surface area (Å²) in [4.78, 5) is 4.16. The second kappa shape index (κ2) is 7.03. The van der Waals surface area contributed by atoms with Crippen LogP contribution in [-0.2, 0) is 6.18 Å². The normalized spacial score (nSPS) is 11.1. The molecule has 0 aliphatic rings. The van der Waals surface area contributed by atoms with Gasteiger partial charge in [-0.3, -0.25) is 0 Å². The van der Waals surface area contributed by atoms with Gasteiger partial charge in [-0.25, -0.2) is 4.98 Å². The third-order valence-electron chi connectivity index (χ3n) is 3.98. The van der Waals surface area contributed by atoms with Crippen molar-refractivity contribution in [3.05, 3.63) is 53.7 Å². The topological polar surface area (TPSA) is 67.2 Å². The monoisotopic (exact) mass is 373 g/mol. The van der Waals surface area contributed by atoms with Gasteiger partial charge < -0.3 is 14.8 Å². The Bertz CT molecular complexity index is 1040. The van der Waals surface area contributed by atoms with Crippen molar-refractivity contribution in [2.24, 2.45) is 0 Å². The zero-order valence-electron chi connectivity index (χ0n) is 14.4. The van der Waals surface area contributed by atoms with Gasteiger partial charge in [-0.15, -0.1) is 0 Å². The van der Waals surface area contributed by atoms with Crippen molar-refractivity contribution in [1.82, 2.24) is 4.98 Å². The van der Waals surface area contributed by atoms with E-state index in [9.17, 15) is 13.2 Å². The fraction of sp³-hybridized carbons (Fsp3) is 0.158. The number of nitrogens with zero attached hydrogens (tertiary/aromatic N) is 2. The SMILES string of the molecule is COc1cc2ccnc(Nc3ccc(C#N)cc3C(F)(F)F)c2cc1OC. The van der Waals surface area contributed by atoms with E-state index in [1.165, 1.54) is 32.5 Å². The Morgan fingerprint density at radius 2 is 1.74 bits per heavy atom. The lowest BCUT2D eigenvalue weighted by Crippen LogP contribution is -2.10. The van der Waals surface area contributed by atoms with Crippen molar-refractivity contribution < 1.29 is 22.6 Å². The average molecular weight is 373 g/mol. The molecule has 0 aliphatic heterocycles. The molecule has 1 N–H and O–H groups in total. The molecule has 0 saturated heterocycles. The van der Waals surface area contributed by atoms with E-state index in [0.29, 0.717) is 22.3 Å². The van der Waals surface area contributed by atoms with Crippen LogP contribution in [-0.4, -0.2) is 19.2 Å². The van der Waals surface area contributed by atoms with Gasteiger partial charge in [0.2, 0.25) is 0 Å². The Labute approximate surface area is 153 Å². The van der Waals surface area contributed by atoms with Crippen LogP contribution in [0, 0.1) is 11.3 Å². The molecule has 0 aliphatic carbocycles. The first kappa shape index (κ1) is 18.3. The van der Waals surface area contributed by atoms with Crippen molar-refractivity contribution in [3.8, 4) is 17.6 Å². The molecule has 138 valence electrons. The third-order valence-corrected chi connectivity index (χ3v) is 3.98. The van der Waals surface area contributed by atoms with Crippen LogP contribution in [0.5, 0.6) is 11.5 Å². The molecule has 1 aromatic heterocycles. The van der Waals surface area contributed by atoms with Crippen molar-refractivity contribution in [2.75, 3.05) is 19.5 Å². The van der Waals surface area contributed by atoms with Crippen LogP contribution in [0.15, 0.2) is 42.6 Å². The van der Waals surface area contributed by atoms with E-state index in [4.69, 9.17) is 14.7 Å². The van der Waals surface area contributed by atoms with E-state index in [0.717, 1.165) is 6.07 Å². The summed E-state index contributed by atoms with van der Waals surface area (Å²) >= 11 is 0. The van der Waals surface area contributed by atoms with Gasteiger partial charge in [-0.1, -0.05) is 0 Å². The van der Waals surface area contributed by atoms with E-state index in [2.05, 4.69) is 10.3 Å². The Hall–Kier alpha value is -3.47. The summed E-state index contributed by atoms with van der Waals surface area (Å²) in [5.74, 6) is 1.15. The maximum absolute atomic E-state index is 13.4. The molecule has 8 heteroatoms. The molecule has 3 rings (SSSR count). The van der Waals surface area contributed by atoms with Gasteiger partial charge in [0, 0.05) is 11.6 Å². The van der Waals surface area contributed by atoms with E-state index in [-0.39, 0.29) is 17.1 Å². The molecule has 0 fully saturated rings. The second-order valence-electron chi connectivity index (χ2n) is 5.58. The van der Waals surface area contributed by atoms with Crippen LogP contribution in [0.1, 0.15) is 11.1 Å². The molecule has 0 atom stereocenters. The highest BCUT2D eigenvalue weighted by Crippen LogP contribution is 2.39. The minimum Gasteiger partial charge on any atom is -0.493 e. The molecule has 0 amide bonds. The number of aromatic nitrogens is 1. The number of rotatable bonds is 4. The number of benzene rings is 2. The average Bonchev–Trinajstić information content (AvgIpc) is 2.66. The molecule has 0 unspecified atom stereocenters. The minimum atomic E-state index is -4.62. The summed E-state index contributed by atoms with van der Waals surface area (Å²) in [6.07, 6.45) is -3.14. The third kappa shape index (κ3) is 3.58. The number of hydrogen-bond donors (Lipinski definition) is 1. The van der Waals surface area contributed by atoms with Crippen molar-refractivity contribution in [1.29, 1.82) is 5.26 Å². The van der Waals surface area contributed by atoms with Crippen molar-refractivity contribution in [3.63, 3.8) is 0 Å². The predicted molar refractivity (Wildman–Crippen MR) is 94.3 cm³/mol. The highest BCUT2D eigenvalue weighted by atomic mass is 19.4. The van der Waals surface area contributed by atoms with Crippen molar-refractivity contribution >= 4 is 22.3 Å². The lowest BCUT2D eigenvalue weighted by molar-refractivity contribution is -0.136. The lowest BCUT2D eigenvalue weighted by Gasteiger charge is -2.16. The predicted octanol–water partition coefficient (Wildman–Crippen LogP) is 4.89. The first-order valence-corrected chi connectivity index (χ1v) is 7.76. The first-order chi connectivity index (χ1) is 12.9. The fourth-order valence-corrected chi connectivity index (χ4v) is 2.68. The molecule has 0 spiro atoms. The van der Waals surface area contributed by atoms with Gasteiger partial charge in [0.1, 0.15) is 5.82 Å². The van der Waals surface area contributed by atoms with E-state index < -0.39 is 11.7 Å². The van der Waals surface area contributed by atoms with Gasteiger partial charge in [0.05, 0.1) is 37.1 Å². The van der Waals surface area contributed by atoms with Crippen LogP contribution in [0.4, 0.5) is 24.7 Å². The minimum absolute atomic E-state index is 0.0786. The Morgan fingerprint density at radius 3 is 2.37 bits per heavy atom. The number of halogens is 3. The number of pyridine rings is 1. The number of nitriles is 1. The smallest absolute Gasteiger partial charge is 0.418 e. The zero-order chi connectivity index (χ0) is 19.6. The lowest BCUT2D eigenvalue weighted by atomic mass is 10.1. The van der Waals surface area contributed by atoms with Crippen LogP contribution in [0.3, 0.4) is 0 Å². The molecule has 1 heterocycles. The quantitative estimate of drug-likeness (QED) is 0.706. The number of ether oxygens (including phenoxy) is 2. The zero-order valence-corrected chi connectivity index (χ0v) is 14.4. The van der Waals surface area contributed by atoms with Gasteiger partial charge >= 0.3 is 6.18 Å². The molecule has 0 radical (unpaired) electrons. The number of methoxy groups -OCH3 is 2. The molecule has 0 saturated carbocycles. The molecule has 0 bridgehead atoms. The Kier molecular flexibility index (Phi) is 4.77. The molecule has 2 aromatic carbocycles. The number of fused-ring (bicyclic) bond motifs is 1. The Balaban J connectivity index is 2.14. The number of nitrogens with one attached hydrogen (secondary N) is 1. The maximum Gasteiger partial charge on any atom is 0.418 e. The van der Waals surface area contributed by atoms with Gasteiger partial charge in [0.25, 0.3) is 0 Å². The van der Waals surface area contributed by atoms with E-state index in [1.807, 2.05) is 0 Å². The highest BCUT2D eigenvalue weighted by molar-refractivity contribution is 5.95. The molecule has 3 aromatic rings. The second-order valence-corrected chi connectivity index (χ2v) is 5.58. The molecular formula is C19H14F3N3O2. The number of anilines is 2. The van der Waals surface area contributed by atoms with Crippen LogP contribution in [0.2, 0.25) is 0 Å². The molecule has 5 nitrogen and oxygen atoms in total. The van der Waals surface area contributed by atoms with Crippen LogP contribution in [0.25, 0.3) is 10.8 Å². The summed E-state index contributed by atoms with van der Waals surface area (Å²) in [5, 5.41) is 12.9. The molecular weight excluding hydrogens is 359 g/mol. The summed E-state index contributed by atoms with van der Waals surface area (Å²) in [7, 11) is 2.96. The van der Waals surface area contributed by atoms with Gasteiger partial charge in [0.15, 0.2) is 11.5 Å². The maximum atomic E-state index is 13.4. The van der Waals surface area contributed by atoms with Gasteiger partial charge in [-0.05, 0) is 41.8 Å². The van der Waals surface area contributed by atoms with E-state index >= 15 is 0 Å². The Morgan fingerprint density at radius 1 is 1.04 bits per heavy atom.